The van der Waals surface area contributed by atoms with E-state index in [4.69, 9.17) is 9.26 Å². The molecule has 0 aliphatic rings. The first-order chi connectivity index (χ1) is 8.08. The van der Waals surface area contributed by atoms with Crippen molar-refractivity contribution in [3.05, 3.63) is 11.7 Å². The van der Waals surface area contributed by atoms with Crippen molar-refractivity contribution in [2.75, 3.05) is 13.7 Å². The number of hydrogen-bond donors (Lipinski definition) is 1. The lowest BCUT2D eigenvalue weighted by atomic mass is 10.0. The molecule has 0 aliphatic carbocycles. The van der Waals surface area contributed by atoms with Crippen molar-refractivity contribution >= 4 is 0 Å². The van der Waals surface area contributed by atoms with Gasteiger partial charge in [-0.3, -0.25) is 0 Å². The molecule has 0 bridgehead atoms. The molecular weight excluding hydrogens is 218 g/mol. The number of rotatable bonds is 7. The fraction of sp³-hybridized carbons (Fsp3) is 0.833. The number of methoxy groups -OCH3 is 1. The molecule has 98 valence electrons. The molecule has 1 aromatic rings. The maximum absolute atomic E-state index is 5.28. The number of hydrogen-bond acceptors (Lipinski definition) is 5. The standard InChI is InChI=1S/C12H23N3O2/c1-6-13-10(4)9(3)12-14-11(15-17-12)7-8(2)16-5/h8-10,13H,6-7H2,1-5H3. The van der Waals surface area contributed by atoms with Crippen LogP contribution in [0.1, 0.15) is 45.3 Å². The maximum atomic E-state index is 5.28. The summed E-state index contributed by atoms with van der Waals surface area (Å²) in [6.07, 6.45) is 0.796. The van der Waals surface area contributed by atoms with Crippen LogP contribution in [-0.4, -0.2) is 35.9 Å². The summed E-state index contributed by atoms with van der Waals surface area (Å²) in [7, 11) is 1.68. The molecule has 3 atom stereocenters. The van der Waals surface area contributed by atoms with Gasteiger partial charge in [-0.05, 0) is 20.4 Å². The predicted octanol–water partition coefficient (Wildman–Crippen LogP) is 1.75. The van der Waals surface area contributed by atoms with Crippen molar-refractivity contribution in [1.82, 2.24) is 15.5 Å². The summed E-state index contributed by atoms with van der Waals surface area (Å²) in [6.45, 7) is 9.22. The van der Waals surface area contributed by atoms with Crippen molar-refractivity contribution in [3.63, 3.8) is 0 Å². The lowest BCUT2D eigenvalue weighted by Crippen LogP contribution is -2.30. The Bertz CT molecular complexity index is 327. The van der Waals surface area contributed by atoms with Crippen LogP contribution in [0.25, 0.3) is 0 Å². The molecule has 0 radical (unpaired) electrons. The molecular formula is C12H23N3O2. The molecule has 0 aromatic carbocycles. The van der Waals surface area contributed by atoms with Gasteiger partial charge < -0.3 is 14.6 Å². The summed E-state index contributed by atoms with van der Waals surface area (Å²) in [4.78, 5) is 4.40. The molecule has 1 rings (SSSR count). The van der Waals surface area contributed by atoms with Crippen molar-refractivity contribution in [1.29, 1.82) is 0 Å². The van der Waals surface area contributed by atoms with Gasteiger partial charge in [0, 0.05) is 19.6 Å². The van der Waals surface area contributed by atoms with Gasteiger partial charge in [-0.25, -0.2) is 0 Å². The highest BCUT2D eigenvalue weighted by Crippen LogP contribution is 2.17. The van der Waals surface area contributed by atoms with E-state index in [1.807, 2.05) is 6.92 Å². The number of nitrogens with one attached hydrogen (secondary N) is 1. The van der Waals surface area contributed by atoms with E-state index >= 15 is 0 Å². The van der Waals surface area contributed by atoms with Crippen molar-refractivity contribution in [2.45, 2.75) is 52.2 Å². The third-order valence-corrected chi connectivity index (χ3v) is 3.02. The fourth-order valence-corrected chi connectivity index (χ4v) is 1.59. The van der Waals surface area contributed by atoms with Gasteiger partial charge in [0.2, 0.25) is 5.89 Å². The van der Waals surface area contributed by atoms with E-state index in [1.54, 1.807) is 7.11 Å². The van der Waals surface area contributed by atoms with Crippen LogP contribution in [0, 0.1) is 0 Å². The van der Waals surface area contributed by atoms with E-state index in [0.29, 0.717) is 24.2 Å². The summed E-state index contributed by atoms with van der Waals surface area (Å²) in [5.74, 6) is 1.62. The van der Waals surface area contributed by atoms with Gasteiger partial charge >= 0.3 is 0 Å². The third-order valence-electron chi connectivity index (χ3n) is 3.02. The van der Waals surface area contributed by atoms with Gasteiger partial charge in [-0.1, -0.05) is 19.0 Å². The third kappa shape index (κ3) is 4.09. The summed E-state index contributed by atoms with van der Waals surface area (Å²) >= 11 is 0. The average Bonchev–Trinajstić information content (AvgIpc) is 2.76. The fourth-order valence-electron chi connectivity index (χ4n) is 1.59. The van der Waals surface area contributed by atoms with E-state index in [9.17, 15) is 0 Å². The molecule has 5 heteroatoms. The monoisotopic (exact) mass is 241 g/mol. The molecule has 1 N–H and O–H groups in total. The minimum Gasteiger partial charge on any atom is -0.381 e. The summed E-state index contributed by atoms with van der Waals surface area (Å²) < 4.78 is 10.5. The Morgan fingerprint density at radius 2 is 2.06 bits per heavy atom. The highest BCUT2D eigenvalue weighted by atomic mass is 16.5. The normalized spacial score (nSPS) is 16.8. The first kappa shape index (κ1) is 14.1. The summed E-state index contributed by atoms with van der Waals surface area (Å²) in [5.41, 5.74) is 0. The highest BCUT2D eigenvalue weighted by Gasteiger charge is 2.20. The van der Waals surface area contributed by atoms with Crippen molar-refractivity contribution < 1.29 is 9.26 Å². The number of ether oxygens (including phenoxy) is 1. The molecule has 1 aromatic heterocycles. The molecule has 0 aliphatic heterocycles. The van der Waals surface area contributed by atoms with E-state index in [2.05, 4.69) is 36.2 Å². The molecule has 0 fully saturated rings. The van der Waals surface area contributed by atoms with E-state index in [-0.39, 0.29) is 12.0 Å². The zero-order valence-corrected chi connectivity index (χ0v) is 11.4. The highest BCUT2D eigenvalue weighted by molar-refractivity contribution is 4.97. The maximum Gasteiger partial charge on any atom is 0.231 e. The van der Waals surface area contributed by atoms with E-state index in [1.165, 1.54) is 0 Å². The first-order valence-corrected chi connectivity index (χ1v) is 6.17. The van der Waals surface area contributed by atoms with Crippen LogP contribution in [0.4, 0.5) is 0 Å². The Morgan fingerprint density at radius 1 is 1.35 bits per heavy atom. The Hall–Kier alpha value is -0.940. The van der Waals surface area contributed by atoms with Crippen LogP contribution in [0.3, 0.4) is 0 Å². The number of nitrogens with zero attached hydrogens (tertiary/aromatic N) is 2. The molecule has 0 saturated carbocycles. The Kier molecular flexibility index (Phi) is 5.58. The molecule has 1 heterocycles. The van der Waals surface area contributed by atoms with Gasteiger partial charge in [-0.15, -0.1) is 0 Å². The smallest absolute Gasteiger partial charge is 0.231 e. The molecule has 5 nitrogen and oxygen atoms in total. The van der Waals surface area contributed by atoms with Gasteiger partial charge in [0.05, 0.1) is 12.0 Å². The topological polar surface area (TPSA) is 60.2 Å². The second-order valence-corrected chi connectivity index (χ2v) is 4.43. The van der Waals surface area contributed by atoms with Crippen molar-refractivity contribution in [3.8, 4) is 0 Å². The van der Waals surface area contributed by atoms with Crippen LogP contribution in [0.15, 0.2) is 4.52 Å². The van der Waals surface area contributed by atoms with Crippen LogP contribution >= 0.6 is 0 Å². The molecule has 0 amide bonds. The summed E-state index contributed by atoms with van der Waals surface area (Å²) in [5, 5.41) is 7.33. The summed E-state index contributed by atoms with van der Waals surface area (Å²) in [6, 6.07) is 0.327. The lowest BCUT2D eigenvalue weighted by Gasteiger charge is -2.16. The van der Waals surface area contributed by atoms with Gasteiger partial charge in [-0.2, -0.15) is 4.98 Å². The SMILES string of the molecule is CCNC(C)C(C)c1nc(CC(C)OC)no1. The lowest BCUT2D eigenvalue weighted by molar-refractivity contribution is 0.116. The van der Waals surface area contributed by atoms with Crippen LogP contribution in [0.2, 0.25) is 0 Å². The Morgan fingerprint density at radius 3 is 2.65 bits per heavy atom. The predicted molar refractivity (Wildman–Crippen MR) is 66.0 cm³/mol. The zero-order valence-electron chi connectivity index (χ0n) is 11.4. The van der Waals surface area contributed by atoms with Crippen LogP contribution < -0.4 is 5.32 Å². The molecule has 3 unspecified atom stereocenters. The van der Waals surface area contributed by atoms with E-state index in [0.717, 1.165) is 6.54 Å². The van der Waals surface area contributed by atoms with Gasteiger partial charge in [0.25, 0.3) is 0 Å². The van der Waals surface area contributed by atoms with Crippen molar-refractivity contribution in [2.24, 2.45) is 0 Å². The minimum atomic E-state index is 0.113. The average molecular weight is 241 g/mol. The number of likely N-dealkylation sites (N-methyl/N-ethyl adjacent to an activating group) is 1. The number of aromatic nitrogens is 2. The van der Waals surface area contributed by atoms with Crippen LogP contribution in [0.5, 0.6) is 0 Å². The molecule has 17 heavy (non-hydrogen) atoms. The van der Waals surface area contributed by atoms with E-state index < -0.39 is 0 Å². The Balaban J connectivity index is 2.60. The van der Waals surface area contributed by atoms with Gasteiger partial charge in [0.1, 0.15) is 0 Å². The first-order valence-electron chi connectivity index (χ1n) is 6.17. The molecule has 0 spiro atoms. The Labute approximate surface area is 103 Å². The zero-order chi connectivity index (χ0) is 12.8. The van der Waals surface area contributed by atoms with Gasteiger partial charge in [0.15, 0.2) is 5.82 Å². The molecule has 0 saturated heterocycles. The second-order valence-electron chi connectivity index (χ2n) is 4.43. The quantitative estimate of drug-likeness (QED) is 0.788. The van der Waals surface area contributed by atoms with Crippen LogP contribution in [-0.2, 0) is 11.2 Å². The minimum absolute atomic E-state index is 0.113. The largest absolute Gasteiger partial charge is 0.381 e. The second kappa shape index (κ2) is 6.71.